The first-order valence-corrected chi connectivity index (χ1v) is 6.09. The van der Waals surface area contributed by atoms with E-state index in [9.17, 15) is 4.79 Å². The molecule has 0 saturated heterocycles. The van der Waals surface area contributed by atoms with Gasteiger partial charge in [0.2, 0.25) is 0 Å². The molecule has 6 heteroatoms. The Bertz CT molecular complexity index is 631. The highest BCUT2D eigenvalue weighted by molar-refractivity contribution is 5.95. The van der Waals surface area contributed by atoms with E-state index in [4.69, 9.17) is 5.73 Å². The molecule has 2 aromatic rings. The van der Waals surface area contributed by atoms with E-state index in [1.807, 2.05) is 12.3 Å². The van der Waals surface area contributed by atoms with Gasteiger partial charge < -0.3 is 10.5 Å². The summed E-state index contributed by atoms with van der Waals surface area (Å²) in [6, 6.07) is 3.57. The highest BCUT2D eigenvalue weighted by Crippen LogP contribution is 2.39. The summed E-state index contributed by atoms with van der Waals surface area (Å²) < 4.78 is 6.34. The van der Waals surface area contributed by atoms with E-state index in [-0.39, 0.29) is 0 Å². The number of aromatic nitrogens is 3. The summed E-state index contributed by atoms with van der Waals surface area (Å²) in [5.41, 5.74) is 7.38. The predicted octanol–water partition coefficient (Wildman–Crippen LogP) is 1.51. The molecular formula is C13H14N4O2. The van der Waals surface area contributed by atoms with Gasteiger partial charge in [0.1, 0.15) is 0 Å². The fourth-order valence-corrected chi connectivity index (χ4v) is 1.93. The minimum absolute atomic E-state index is 0.296. The number of hydrogen-bond donors (Lipinski definition) is 1. The fraction of sp³-hybridized carbons (Fsp3) is 0.308. The van der Waals surface area contributed by atoms with Gasteiger partial charge in [0.25, 0.3) is 0 Å². The molecule has 0 aliphatic heterocycles. The molecule has 0 radical (unpaired) electrons. The van der Waals surface area contributed by atoms with Crippen LogP contribution in [0.3, 0.4) is 0 Å². The molecule has 0 aromatic carbocycles. The van der Waals surface area contributed by atoms with Crippen LogP contribution < -0.4 is 5.73 Å². The van der Waals surface area contributed by atoms with Crippen molar-refractivity contribution in [2.24, 2.45) is 0 Å². The van der Waals surface area contributed by atoms with Gasteiger partial charge >= 0.3 is 5.97 Å². The smallest absolute Gasteiger partial charge is 0.340 e. The fourth-order valence-electron chi connectivity index (χ4n) is 1.93. The van der Waals surface area contributed by atoms with Crippen LogP contribution in [0.4, 0.5) is 5.69 Å². The van der Waals surface area contributed by atoms with Crippen molar-refractivity contribution in [1.82, 2.24) is 14.8 Å². The Hall–Kier alpha value is -2.37. The van der Waals surface area contributed by atoms with E-state index < -0.39 is 5.97 Å². The zero-order valence-corrected chi connectivity index (χ0v) is 10.5. The number of methoxy groups -OCH3 is 1. The number of nitrogens with zero attached hydrogens (tertiary/aromatic N) is 3. The van der Waals surface area contributed by atoms with Crippen LogP contribution in [0, 0.1) is 0 Å². The summed E-state index contributed by atoms with van der Waals surface area (Å²) in [6.45, 7) is 0. The van der Waals surface area contributed by atoms with E-state index in [0.717, 1.165) is 5.69 Å². The van der Waals surface area contributed by atoms with Crippen molar-refractivity contribution in [3.63, 3.8) is 0 Å². The lowest BCUT2D eigenvalue weighted by Crippen LogP contribution is -2.09. The highest BCUT2D eigenvalue weighted by atomic mass is 16.5. The van der Waals surface area contributed by atoms with Gasteiger partial charge in [0.15, 0.2) is 5.82 Å². The molecule has 0 amide bonds. The van der Waals surface area contributed by atoms with Crippen LogP contribution in [-0.2, 0) is 4.74 Å². The van der Waals surface area contributed by atoms with Gasteiger partial charge in [-0.3, -0.25) is 0 Å². The second-order valence-corrected chi connectivity index (χ2v) is 4.58. The molecule has 1 aliphatic carbocycles. The molecule has 19 heavy (non-hydrogen) atoms. The highest BCUT2D eigenvalue weighted by Gasteiger charge is 2.26. The third-order valence-corrected chi connectivity index (χ3v) is 3.17. The minimum atomic E-state index is -0.476. The summed E-state index contributed by atoms with van der Waals surface area (Å²) in [4.78, 5) is 15.8. The molecular weight excluding hydrogens is 244 g/mol. The van der Waals surface area contributed by atoms with Crippen molar-refractivity contribution >= 4 is 11.7 Å². The third-order valence-electron chi connectivity index (χ3n) is 3.17. The second kappa shape index (κ2) is 4.38. The predicted molar refractivity (Wildman–Crippen MR) is 69.1 cm³/mol. The molecule has 0 spiro atoms. The van der Waals surface area contributed by atoms with E-state index in [1.54, 1.807) is 10.7 Å². The lowest BCUT2D eigenvalue weighted by atomic mass is 10.2. The number of pyridine rings is 1. The molecule has 2 aromatic heterocycles. The van der Waals surface area contributed by atoms with Crippen LogP contribution in [0.1, 0.15) is 34.8 Å². The zero-order chi connectivity index (χ0) is 13.4. The number of carbonyl (C=O) groups is 1. The van der Waals surface area contributed by atoms with Gasteiger partial charge in [0, 0.05) is 12.1 Å². The normalized spacial score (nSPS) is 14.4. The number of carbonyl (C=O) groups excluding carboxylic acids is 1. The van der Waals surface area contributed by atoms with Gasteiger partial charge in [-0.25, -0.2) is 14.5 Å². The second-order valence-electron chi connectivity index (χ2n) is 4.58. The quantitative estimate of drug-likeness (QED) is 0.844. The number of anilines is 1. The van der Waals surface area contributed by atoms with Gasteiger partial charge in [-0.1, -0.05) is 0 Å². The Balaban J connectivity index is 1.97. The Morgan fingerprint density at radius 1 is 1.53 bits per heavy atom. The van der Waals surface area contributed by atoms with Crippen molar-refractivity contribution in [1.29, 1.82) is 0 Å². The number of nitrogen functional groups attached to an aromatic ring is 1. The summed E-state index contributed by atoms with van der Waals surface area (Å²) in [5.74, 6) is 0.660. The maximum absolute atomic E-state index is 11.6. The number of nitrogens with two attached hydrogens (primary N) is 1. The lowest BCUT2D eigenvalue weighted by Gasteiger charge is -2.06. The first-order valence-electron chi connectivity index (χ1n) is 6.09. The van der Waals surface area contributed by atoms with Gasteiger partial charge in [-0.15, -0.1) is 0 Å². The van der Waals surface area contributed by atoms with Crippen LogP contribution in [0.25, 0.3) is 5.82 Å². The topological polar surface area (TPSA) is 83.0 Å². The summed E-state index contributed by atoms with van der Waals surface area (Å²) in [6.07, 6.45) is 5.67. The number of rotatable bonds is 3. The number of ether oxygens (including phenoxy) is 1. The van der Waals surface area contributed by atoms with E-state index in [2.05, 4.69) is 14.8 Å². The van der Waals surface area contributed by atoms with Gasteiger partial charge in [-0.05, 0) is 25.0 Å². The first-order chi connectivity index (χ1) is 9.19. The zero-order valence-electron chi connectivity index (χ0n) is 10.5. The molecule has 0 atom stereocenters. The Labute approximate surface area is 110 Å². The van der Waals surface area contributed by atoms with Crippen LogP contribution in [0.15, 0.2) is 24.5 Å². The average molecular weight is 258 g/mol. The van der Waals surface area contributed by atoms with Crippen molar-refractivity contribution < 1.29 is 9.53 Å². The van der Waals surface area contributed by atoms with Crippen LogP contribution >= 0.6 is 0 Å². The van der Waals surface area contributed by atoms with E-state index in [0.29, 0.717) is 23.0 Å². The van der Waals surface area contributed by atoms with Crippen molar-refractivity contribution in [3.05, 3.63) is 35.8 Å². The standard InChI is InChI=1S/C13H14N4O2/c1-19-13(18)9-6-12(15-7-10(9)14)17-5-4-11(16-17)8-2-3-8/h4-8H,2-3,14H2,1H3. The molecule has 1 saturated carbocycles. The van der Waals surface area contributed by atoms with Gasteiger partial charge in [-0.2, -0.15) is 5.10 Å². The molecule has 2 N–H and O–H groups in total. The van der Waals surface area contributed by atoms with E-state index in [1.165, 1.54) is 26.1 Å². The number of hydrogen-bond acceptors (Lipinski definition) is 5. The van der Waals surface area contributed by atoms with Crippen LogP contribution in [0.2, 0.25) is 0 Å². The number of esters is 1. The molecule has 1 fully saturated rings. The largest absolute Gasteiger partial charge is 0.465 e. The van der Waals surface area contributed by atoms with Crippen LogP contribution in [0.5, 0.6) is 0 Å². The summed E-state index contributed by atoms with van der Waals surface area (Å²) in [7, 11) is 1.32. The Morgan fingerprint density at radius 2 is 2.32 bits per heavy atom. The van der Waals surface area contributed by atoms with Crippen molar-refractivity contribution in [2.45, 2.75) is 18.8 Å². The first kappa shape index (κ1) is 11.7. The summed E-state index contributed by atoms with van der Waals surface area (Å²) in [5, 5.41) is 4.46. The van der Waals surface area contributed by atoms with Crippen LogP contribution in [-0.4, -0.2) is 27.8 Å². The monoisotopic (exact) mass is 258 g/mol. The Morgan fingerprint density at radius 3 is 3.00 bits per heavy atom. The molecule has 98 valence electrons. The maximum atomic E-state index is 11.6. The molecule has 2 heterocycles. The SMILES string of the molecule is COC(=O)c1cc(-n2ccc(C3CC3)n2)ncc1N. The molecule has 6 nitrogen and oxygen atoms in total. The molecule has 3 rings (SSSR count). The lowest BCUT2D eigenvalue weighted by molar-refractivity contribution is 0.0602. The molecule has 1 aliphatic rings. The summed E-state index contributed by atoms with van der Waals surface area (Å²) >= 11 is 0. The van der Waals surface area contributed by atoms with Crippen molar-refractivity contribution in [2.75, 3.05) is 12.8 Å². The minimum Gasteiger partial charge on any atom is -0.465 e. The average Bonchev–Trinajstić information content (AvgIpc) is 3.16. The maximum Gasteiger partial charge on any atom is 0.340 e. The Kier molecular flexibility index (Phi) is 2.70. The van der Waals surface area contributed by atoms with E-state index >= 15 is 0 Å². The molecule has 0 bridgehead atoms. The van der Waals surface area contributed by atoms with Gasteiger partial charge in [0.05, 0.1) is 30.3 Å². The van der Waals surface area contributed by atoms with Crippen molar-refractivity contribution in [3.8, 4) is 5.82 Å². The third kappa shape index (κ3) is 2.16. The molecule has 0 unspecified atom stereocenters.